The summed E-state index contributed by atoms with van der Waals surface area (Å²) in [5, 5.41) is 3.28. The molecule has 2 atom stereocenters. The smallest absolute Gasteiger partial charge is 0.00460 e. The Labute approximate surface area is 99.3 Å². The molecule has 0 aromatic heterocycles. The van der Waals surface area contributed by atoms with E-state index in [-0.39, 0.29) is 0 Å². The average Bonchev–Trinajstić information content (AvgIpc) is 2.28. The van der Waals surface area contributed by atoms with Crippen LogP contribution in [0.5, 0.6) is 0 Å². The predicted octanol–water partition coefficient (Wildman–Crippen LogP) is 3.27. The second-order valence-electron chi connectivity index (χ2n) is 5.16. The van der Waals surface area contributed by atoms with Crippen molar-refractivity contribution in [1.82, 2.24) is 5.32 Å². The lowest BCUT2D eigenvalue weighted by molar-refractivity contribution is 0.380. The van der Waals surface area contributed by atoms with E-state index in [1.807, 2.05) is 7.05 Å². The molecule has 16 heavy (non-hydrogen) atoms. The van der Waals surface area contributed by atoms with Gasteiger partial charge in [0.1, 0.15) is 0 Å². The van der Waals surface area contributed by atoms with E-state index in [9.17, 15) is 0 Å². The van der Waals surface area contributed by atoms with Crippen LogP contribution < -0.4 is 5.32 Å². The van der Waals surface area contributed by atoms with Gasteiger partial charge < -0.3 is 5.32 Å². The van der Waals surface area contributed by atoms with Crippen molar-refractivity contribution in [1.29, 1.82) is 0 Å². The number of aryl methyl sites for hydroxylation is 1. The van der Waals surface area contributed by atoms with Gasteiger partial charge in [0.05, 0.1) is 0 Å². The lowest BCUT2D eigenvalue weighted by Crippen LogP contribution is -2.22. The number of benzene rings is 1. The van der Waals surface area contributed by atoms with Crippen LogP contribution in [0.15, 0.2) is 18.2 Å². The Bertz CT molecular complexity index is 356. The maximum atomic E-state index is 3.28. The second kappa shape index (κ2) is 5.01. The van der Waals surface area contributed by atoms with E-state index in [1.165, 1.54) is 24.8 Å². The molecular formula is C15H23N. The normalized spacial score (nSPS) is 24.2. The van der Waals surface area contributed by atoms with Crippen molar-refractivity contribution in [3.63, 3.8) is 0 Å². The monoisotopic (exact) mass is 217 g/mol. The van der Waals surface area contributed by atoms with Gasteiger partial charge in [-0.25, -0.2) is 0 Å². The van der Waals surface area contributed by atoms with Crippen LogP contribution in [0.2, 0.25) is 0 Å². The number of rotatable bonds is 3. The maximum Gasteiger partial charge on any atom is -0.00460 e. The zero-order valence-corrected chi connectivity index (χ0v) is 10.7. The molecule has 0 amide bonds. The molecule has 0 radical (unpaired) electrons. The summed E-state index contributed by atoms with van der Waals surface area (Å²) in [5.74, 6) is 1.60. The number of hydrogen-bond acceptors (Lipinski definition) is 1. The molecule has 0 heterocycles. The van der Waals surface area contributed by atoms with E-state index in [2.05, 4.69) is 37.4 Å². The van der Waals surface area contributed by atoms with Crippen molar-refractivity contribution in [2.24, 2.45) is 5.92 Å². The van der Waals surface area contributed by atoms with Crippen molar-refractivity contribution in [2.45, 2.75) is 39.0 Å². The molecule has 0 spiro atoms. The molecule has 1 aromatic rings. The highest BCUT2D eigenvalue weighted by atomic mass is 14.8. The minimum atomic E-state index is 0.760. The summed E-state index contributed by atoms with van der Waals surface area (Å²) in [7, 11) is 2.05. The molecule has 0 saturated heterocycles. The molecule has 1 N–H and O–H groups in total. The van der Waals surface area contributed by atoms with E-state index in [0.29, 0.717) is 0 Å². The van der Waals surface area contributed by atoms with Crippen LogP contribution >= 0.6 is 0 Å². The van der Waals surface area contributed by atoms with Gasteiger partial charge in [-0.3, -0.25) is 0 Å². The van der Waals surface area contributed by atoms with E-state index in [0.717, 1.165) is 18.4 Å². The van der Waals surface area contributed by atoms with Crippen LogP contribution in [-0.4, -0.2) is 13.6 Å². The van der Waals surface area contributed by atoms with Crippen LogP contribution in [0.1, 0.15) is 42.4 Å². The molecule has 2 unspecified atom stereocenters. The fourth-order valence-electron chi connectivity index (χ4n) is 3.03. The molecule has 0 bridgehead atoms. The number of nitrogens with one attached hydrogen (secondary N) is 1. The molecule has 0 fully saturated rings. The maximum absolute atomic E-state index is 3.28. The third-order valence-corrected chi connectivity index (χ3v) is 4.09. The SMILES string of the molecule is CNCCC1c2cccc(C)c2CCC1C. The van der Waals surface area contributed by atoms with Crippen LogP contribution in [0.3, 0.4) is 0 Å². The van der Waals surface area contributed by atoms with E-state index < -0.39 is 0 Å². The fourth-order valence-corrected chi connectivity index (χ4v) is 3.03. The summed E-state index contributed by atoms with van der Waals surface area (Å²) in [4.78, 5) is 0. The second-order valence-corrected chi connectivity index (χ2v) is 5.16. The molecule has 1 nitrogen and oxygen atoms in total. The van der Waals surface area contributed by atoms with Crippen molar-refractivity contribution in [3.8, 4) is 0 Å². The zero-order valence-electron chi connectivity index (χ0n) is 10.7. The minimum absolute atomic E-state index is 0.760. The minimum Gasteiger partial charge on any atom is -0.320 e. The van der Waals surface area contributed by atoms with Crippen molar-refractivity contribution < 1.29 is 0 Å². The van der Waals surface area contributed by atoms with Crippen LogP contribution in [0, 0.1) is 12.8 Å². The first-order valence-corrected chi connectivity index (χ1v) is 6.47. The number of hydrogen-bond donors (Lipinski definition) is 1. The molecular weight excluding hydrogens is 194 g/mol. The first-order valence-electron chi connectivity index (χ1n) is 6.47. The number of fused-ring (bicyclic) bond motifs is 1. The van der Waals surface area contributed by atoms with Crippen molar-refractivity contribution >= 4 is 0 Å². The van der Waals surface area contributed by atoms with Gasteiger partial charge in [-0.1, -0.05) is 25.1 Å². The highest BCUT2D eigenvalue weighted by Crippen LogP contribution is 2.39. The first kappa shape index (κ1) is 11.7. The van der Waals surface area contributed by atoms with Gasteiger partial charge >= 0.3 is 0 Å². The Hall–Kier alpha value is -0.820. The Morgan fingerprint density at radius 1 is 1.38 bits per heavy atom. The van der Waals surface area contributed by atoms with Crippen molar-refractivity contribution in [2.75, 3.05) is 13.6 Å². The van der Waals surface area contributed by atoms with Gasteiger partial charge in [-0.15, -0.1) is 0 Å². The fraction of sp³-hybridized carbons (Fsp3) is 0.600. The highest BCUT2D eigenvalue weighted by molar-refractivity contribution is 5.39. The van der Waals surface area contributed by atoms with Gasteiger partial charge in [-0.05, 0) is 68.3 Å². The van der Waals surface area contributed by atoms with Gasteiger partial charge in [0.25, 0.3) is 0 Å². The summed E-state index contributed by atoms with van der Waals surface area (Å²) < 4.78 is 0. The van der Waals surface area contributed by atoms with Crippen LogP contribution in [0.25, 0.3) is 0 Å². The lowest BCUT2D eigenvalue weighted by Gasteiger charge is -2.32. The van der Waals surface area contributed by atoms with Gasteiger partial charge in [0.2, 0.25) is 0 Å². The topological polar surface area (TPSA) is 12.0 Å². The third-order valence-electron chi connectivity index (χ3n) is 4.09. The third kappa shape index (κ3) is 2.15. The molecule has 1 aliphatic rings. The van der Waals surface area contributed by atoms with Crippen LogP contribution in [0.4, 0.5) is 0 Å². The molecule has 1 aliphatic carbocycles. The summed E-state index contributed by atoms with van der Waals surface area (Å²) in [5.41, 5.74) is 4.73. The summed E-state index contributed by atoms with van der Waals surface area (Å²) in [6.45, 7) is 5.79. The quantitative estimate of drug-likeness (QED) is 0.819. The molecule has 0 saturated carbocycles. The van der Waals surface area contributed by atoms with E-state index >= 15 is 0 Å². The van der Waals surface area contributed by atoms with Gasteiger partial charge in [-0.2, -0.15) is 0 Å². The van der Waals surface area contributed by atoms with E-state index in [1.54, 1.807) is 11.1 Å². The summed E-state index contributed by atoms with van der Waals surface area (Å²) in [6, 6.07) is 6.82. The van der Waals surface area contributed by atoms with Gasteiger partial charge in [0, 0.05) is 0 Å². The standard InChI is InChI=1S/C15H23N/c1-11-5-4-6-15-13(11)8-7-12(2)14(15)9-10-16-3/h4-6,12,14,16H,7-10H2,1-3H3. The molecule has 1 heteroatoms. The molecule has 88 valence electrons. The summed E-state index contributed by atoms with van der Waals surface area (Å²) in [6.07, 6.45) is 3.90. The zero-order chi connectivity index (χ0) is 11.5. The van der Waals surface area contributed by atoms with E-state index in [4.69, 9.17) is 0 Å². The van der Waals surface area contributed by atoms with Gasteiger partial charge in [0.15, 0.2) is 0 Å². The molecule has 0 aliphatic heterocycles. The van der Waals surface area contributed by atoms with Crippen molar-refractivity contribution in [3.05, 3.63) is 34.9 Å². The lowest BCUT2D eigenvalue weighted by atomic mass is 9.73. The van der Waals surface area contributed by atoms with Crippen LogP contribution in [-0.2, 0) is 6.42 Å². The largest absolute Gasteiger partial charge is 0.320 e. The Morgan fingerprint density at radius 3 is 2.94 bits per heavy atom. The average molecular weight is 217 g/mol. The Balaban J connectivity index is 2.29. The Kier molecular flexibility index (Phi) is 3.65. The summed E-state index contributed by atoms with van der Waals surface area (Å²) >= 11 is 0. The molecule has 1 aromatic carbocycles. The highest BCUT2D eigenvalue weighted by Gasteiger charge is 2.26. The Morgan fingerprint density at radius 2 is 2.19 bits per heavy atom. The molecule has 2 rings (SSSR count). The first-order chi connectivity index (χ1) is 7.74. The predicted molar refractivity (Wildman–Crippen MR) is 69.9 cm³/mol.